The first-order chi connectivity index (χ1) is 23.7. The fourth-order valence-electron chi connectivity index (χ4n) is 8.15. The van der Waals surface area contributed by atoms with Gasteiger partial charge in [0.25, 0.3) is 0 Å². The monoisotopic (exact) mass is 616 g/mol. The maximum atomic E-state index is 9.17. The molecule has 6 aromatic carbocycles. The maximum absolute atomic E-state index is 9.17. The van der Waals surface area contributed by atoms with Crippen LogP contribution in [0.15, 0.2) is 170 Å². The van der Waals surface area contributed by atoms with Crippen LogP contribution < -0.4 is 0 Å². The number of nitrogens with one attached hydrogen (secondary N) is 1. The third kappa shape index (κ3) is 3.84. The Bertz CT molecular complexity index is 2600. The lowest BCUT2D eigenvalue weighted by molar-refractivity contribution is 0.487. The maximum Gasteiger partial charge on any atom is 0.102 e. The highest BCUT2D eigenvalue weighted by Gasteiger charge is 2.63. The van der Waals surface area contributed by atoms with Gasteiger partial charge in [-0.25, -0.2) is 0 Å². The van der Waals surface area contributed by atoms with E-state index in [9.17, 15) is 5.41 Å². The van der Waals surface area contributed by atoms with Crippen molar-refractivity contribution in [2.45, 2.75) is 18.1 Å². The first-order valence-electron chi connectivity index (χ1n) is 16.6. The lowest BCUT2D eigenvalue weighted by atomic mass is 9.90. The standard InChI is InChI=1S/C44H32N4/c45-43(31-13-3-1-4-14-31)44-26-12-11-21-42(44)46(44)29-30-22-24-33(25-23-30)48-39-20-10-8-18-35(39)37-27-36-34-17-7-9-19-38(34)47(40(36)28-41(37)48)32-15-5-2-6-16-32/h1-28,42,45H,29H2. The largest absolute Gasteiger partial charge is 0.309 e. The number of rotatable bonds is 6. The summed E-state index contributed by atoms with van der Waals surface area (Å²) in [4.78, 5) is 2.43. The van der Waals surface area contributed by atoms with Gasteiger partial charge >= 0.3 is 0 Å². The van der Waals surface area contributed by atoms with Gasteiger partial charge in [0.2, 0.25) is 0 Å². The average Bonchev–Trinajstić information content (AvgIpc) is 3.51. The van der Waals surface area contributed by atoms with Crippen molar-refractivity contribution in [3.63, 3.8) is 0 Å². The molecule has 3 unspecified atom stereocenters. The normalized spacial score (nSPS) is 19.8. The van der Waals surface area contributed by atoms with Crippen LogP contribution in [0.5, 0.6) is 0 Å². The summed E-state index contributed by atoms with van der Waals surface area (Å²) in [6, 6.07) is 52.3. The van der Waals surface area contributed by atoms with E-state index < -0.39 is 0 Å². The van der Waals surface area contributed by atoms with E-state index >= 15 is 0 Å². The van der Waals surface area contributed by atoms with E-state index in [1.54, 1.807) is 0 Å². The summed E-state index contributed by atoms with van der Waals surface area (Å²) < 4.78 is 4.81. The minimum absolute atomic E-state index is 0.200. The molecule has 1 aliphatic heterocycles. The molecule has 3 atom stereocenters. The molecule has 4 heteroatoms. The van der Waals surface area contributed by atoms with Crippen molar-refractivity contribution in [1.29, 1.82) is 5.41 Å². The Hall–Kier alpha value is -5.97. The Morgan fingerprint density at radius 1 is 0.542 bits per heavy atom. The first-order valence-corrected chi connectivity index (χ1v) is 16.6. The average molecular weight is 617 g/mol. The molecule has 4 nitrogen and oxygen atoms in total. The molecular weight excluding hydrogens is 585 g/mol. The zero-order chi connectivity index (χ0) is 31.8. The van der Waals surface area contributed by atoms with Crippen LogP contribution in [0.1, 0.15) is 11.1 Å². The van der Waals surface area contributed by atoms with Crippen molar-refractivity contribution in [2.75, 3.05) is 0 Å². The van der Waals surface area contributed by atoms with Crippen LogP contribution in [0.2, 0.25) is 0 Å². The van der Waals surface area contributed by atoms with E-state index in [1.807, 2.05) is 30.3 Å². The Balaban J connectivity index is 1.08. The molecule has 8 aromatic rings. The van der Waals surface area contributed by atoms with Crippen molar-refractivity contribution >= 4 is 49.3 Å². The summed E-state index contributed by atoms with van der Waals surface area (Å²) in [5, 5.41) is 14.2. The zero-order valence-electron chi connectivity index (χ0n) is 26.3. The van der Waals surface area contributed by atoms with Crippen molar-refractivity contribution in [3.05, 3.63) is 181 Å². The number of hydrogen-bond donors (Lipinski definition) is 1. The summed E-state index contributed by atoms with van der Waals surface area (Å²) in [6.07, 6.45) is 8.64. The highest BCUT2D eigenvalue weighted by atomic mass is 15.4. The molecule has 1 aliphatic carbocycles. The van der Waals surface area contributed by atoms with E-state index in [-0.39, 0.29) is 11.6 Å². The lowest BCUT2D eigenvalue weighted by Gasteiger charge is -2.17. The second-order valence-corrected chi connectivity index (χ2v) is 13.0. The summed E-state index contributed by atoms with van der Waals surface area (Å²) in [5.41, 5.74) is 9.60. The van der Waals surface area contributed by atoms with Crippen LogP contribution in [0.4, 0.5) is 0 Å². The fourth-order valence-corrected chi connectivity index (χ4v) is 8.15. The summed E-state index contributed by atoms with van der Waals surface area (Å²) in [6.45, 7) is 0.778. The van der Waals surface area contributed by atoms with E-state index in [1.165, 1.54) is 49.2 Å². The highest BCUT2D eigenvalue weighted by Crippen LogP contribution is 2.49. The molecule has 2 aliphatic rings. The van der Waals surface area contributed by atoms with Gasteiger partial charge in [0, 0.05) is 39.5 Å². The predicted molar refractivity (Wildman–Crippen MR) is 199 cm³/mol. The molecule has 1 saturated heterocycles. The SMILES string of the molecule is N=C(c1ccccc1)C12C=CC=CC1N2Cc1ccc(-n2c3ccccc3c3cc4c5ccccc5n(-c5ccccc5)c4cc32)cc1. The number of aromatic nitrogens is 2. The molecule has 0 spiro atoms. The summed E-state index contributed by atoms with van der Waals surface area (Å²) in [7, 11) is 0. The van der Waals surface area contributed by atoms with E-state index in [4.69, 9.17) is 0 Å². The van der Waals surface area contributed by atoms with Crippen molar-refractivity contribution < 1.29 is 0 Å². The number of para-hydroxylation sites is 3. The van der Waals surface area contributed by atoms with Crippen LogP contribution in [0, 0.1) is 5.41 Å². The van der Waals surface area contributed by atoms with Crippen molar-refractivity contribution in [2.24, 2.45) is 0 Å². The van der Waals surface area contributed by atoms with Crippen LogP contribution >= 0.6 is 0 Å². The van der Waals surface area contributed by atoms with Gasteiger partial charge in [-0.1, -0.05) is 121 Å². The molecular formula is C44H32N4. The molecule has 1 N–H and O–H groups in total. The minimum Gasteiger partial charge on any atom is -0.309 e. The molecule has 228 valence electrons. The third-order valence-corrected chi connectivity index (χ3v) is 10.4. The van der Waals surface area contributed by atoms with Gasteiger partial charge in [-0.3, -0.25) is 4.90 Å². The second-order valence-electron chi connectivity index (χ2n) is 13.0. The van der Waals surface area contributed by atoms with Crippen LogP contribution in [0.3, 0.4) is 0 Å². The lowest BCUT2D eigenvalue weighted by Crippen LogP contribution is -2.29. The third-order valence-electron chi connectivity index (χ3n) is 10.4. The van der Waals surface area contributed by atoms with Gasteiger partial charge in [-0.15, -0.1) is 0 Å². The van der Waals surface area contributed by atoms with Crippen LogP contribution in [-0.4, -0.2) is 31.3 Å². The molecule has 0 bridgehead atoms. The Morgan fingerprint density at radius 3 is 1.75 bits per heavy atom. The van der Waals surface area contributed by atoms with E-state index in [0.29, 0.717) is 5.71 Å². The van der Waals surface area contributed by atoms with Crippen molar-refractivity contribution in [3.8, 4) is 11.4 Å². The molecule has 0 saturated carbocycles. The van der Waals surface area contributed by atoms with E-state index in [2.05, 4.69) is 154 Å². The Kier molecular flexibility index (Phi) is 5.81. The number of hydrogen-bond acceptors (Lipinski definition) is 2. The number of fused-ring (bicyclic) bond motifs is 7. The van der Waals surface area contributed by atoms with Gasteiger partial charge in [0.15, 0.2) is 0 Å². The quantitative estimate of drug-likeness (QED) is 0.147. The van der Waals surface area contributed by atoms with Gasteiger partial charge in [-0.2, -0.15) is 0 Å². The zero-order valence-corrected chi connectivity index (χ0v) is 26.3. The van der Waals surface area contributed by atoms with Crippen LogP contribution in [-0.2, 0) is 6.54 Å². The summed E-state index contributed by atoms with van der Waals surface area (Å²) in [5.74, 6) is 0. The highest BCUT2D eigenvalue weighted by molar-refractivity contribution is 6.19. The predicted octanol–water partition coefficient (Wildman–Crippen LogP) is 10.00. The number of allylic oxidation sites excluding steroid dienone is 2. The second kappa shape index (κ2) is 10.3. The number of nitrogens with zero attached hydrogens (tertiary/aromatic N) is 3. The first kappa shape index (κ1) is 27.2. The van der Waals surface area contributed by atoms with Gasteiger partial charge in [-0.05, 0) is 59.7 Å². The Labute approximate surface area is 278 Å². The van der Waals surface area contributed by atoms with Gasteiger partial charge in [0.05, 0.1) is 33.8 Å². The molecule has 0 amide bonds. The smallest absolute Gasteiger partial charge is 0.102 e. The van der Waals surface area contributed by atoms with Gasteiger partial charge < -0.3 is 14.5 Å². The molecule has 0 radical (unpaired) electrons. The molecule has 2 aromatic heterocycles. The van der Waals surface area contributed by atoms with E-state index in [0.717, 1.165) is 23.5 Å². The minimum atomic E-state index is -0.385. The molecule has 1 fully saturated rings. The molecule has 10 rings (SSSR count). The fraction of sp³-hybridized carbons (Fsp3) is 0.0682. The van der Waals surface area contributed by atoms with Gasteiger partial charge in [0.1, 0.15) is 5.54 Å². The van der Waals surface area contributed by atoms with Crippen LogP contribution in [0.25, 0.3) is 55.0 Å². The summed E-state index contributed by atoms with van der Waals surface area (Å²) >= 11 is 0. The molecule has 3 heterocycles. The molecule has 48 heavy (non-hydrogen) atoms. The Morgan fingerprint density at radius 2 is 1.10 bits per heavy atom. The van der Waals surface area contributed by atoms with Crippen molar-refractivity contribution in [1.82, 2.24) is 14.0 Å². The number of benzene rings is 6. The topological polar surface area (TPSA) is 36.7 Å².